The highest BCUT2D eigenvalue weighted by Crippen LogP contribution is 2.39. The van der Waals surface area contributed by atoms with Crippen LogP contribution in [-0.2, 0) is 57.1 Å². The molecule has 22 heteroatoms. The van der Waals surface area contributed by atoms with Crippen molar-refractivity contribution in [2.24, 2.45) is 0 Å². The molecule has 0 aliphatic carbocycles. The van der Waals surface area contributed by atoms with E-state index in [0.29, 0.717) is 33.4 Å². The van der Waals surface area contributed by atoms with Gasteiger partial charge in [0.25, 0.3) is 0 Å². The highest BCUT2D eigenvalue weighted by Gasteiger charge is 2.61. The molecule has 86 heavy (non-hydrogen) atoms. The van der Waals surface area contributed by atoms with Gasteiger partial charge in [-0.1, -0.05) is 59.5 Å². The summed E-state index contributed by atoms with van der Waals surface area (Å²) >= 11 is 0. The van der Waals surface area contributed by atoms with Crippen LogP contribution in [0.15, 0.2) is 135 Å². The summed E-state index contributed by atoms with van der Waals surface area (Å²) in [5, 5.41) is 46.6. The molecule has 0 saturated carbocycles. The maximum Gasteiger partial charge on any atom is 0.303 e. The van der Waals surface area contributed by atoms with E-state index in [1.807, 2.05) is 0 Å². The monoisotopic (exact) mass is 1170 g/mol. The van der Waals surface area contributed by atoms with E-state index >= 15 is 0 Å². The molecule has 0 radical (unpaired) electrons. The zero-order valence-electron chi connectivity index (χ0n) is 46.8. The van der Waals surface area contributed by atoms with E-state index in [1.165, 1.54) is 0 Å². The Hall–Kier alpha value is -9.56. The van der Waals surface area contributed by atoms with E-state index in [-0.39, 0.29) is 29.2 Å². The van der Waals surface area contributed by atoms with Crippen LogP contribution >= 0.6 is 0 Å². The highest BCUT2D eigenvalue weighted by atomic mass is 16.8. The first kappa shape index (κ1) is 62.5. The molecule has 2 aliphatic rings. The van der Waals surface area contributed by atoms with Gasteiger partial charge in [-0.25, -0.2) is 0 Å². The number of aliphatic hydroxyl groups is 4. The molecule has 0 amide bonds. The van der Waals surface area contributed by atoms with Crippen molar-refractivity contribution in [2.75, 3.05) is 33.0 Å². The number of pyridine rings is 4. The van der Waals surface area contributed by atoms with Gasteiger partial charge < -0.3 is 67.8 Å². The first-order valence-corrected chi connectivity index (χ1v) is 26.7. The summed E-state index contributed by atoms with van der Waals surface area (Å²) in [6.45, 7) is 0.864. The Kier molecular flexibility index (Phi) is 22.0. The molecule has 6 aromatic rings. The van der Waals surface area contributed by atoms with Crippen LogP contribution in [0.25, 0.3) is 0 Å². The fraction of sp³-hybridized carbons (Fsp3) is 0.312. The van der Waals surface area contributed by atoms with Crippen LogP contribution in [0.2, 0.25) is 0 Å². The number of benzene rings is 2. The number of ether oxygens (including phenoxy) is 10. The molecule has 2 aromatic carbocycles. The van der Waals surface area contributed by atoms with Gasteiger partial charge in [-0.15, -0.1) is 0 Å². The lowest BCUT2D eigenvalue weighted by Crippen LogP contribution is -2.72. The molecule has 6 heterocycles. The van der Waals surface area contributed by atoms with Crippen molar-refractivity contribution >= 4 is 23.9 Å². The molecule has 2 saturated heterocycles. The van der Waals surface area contributed by atoms with Gasteiger partial charge in [0, 0.05) is 99.5 Å². The molecule has 22 nitrogen and oxygen atoms in total. The van der Waals surface area contributed by atoms with Crippen LogP contribution < -0.4 is 9.47 Å². The van der Waals surface area contributed by atoms with Crippen LogP contribution in [0.4, 0.5) is 0 Å². The van der Waals surface area contributed by atoms with Crippen LogP contribution in [0.1, 0.15) is 72.2 Å². The van der Waals surface area contributed by atoms with Crippen LogP contribution in [0, 0.1) is 47.4 Å². The second kappa shape index (κ2) is 30.3. The molecule has 4 N–H and O–H groups in total. The van der Waals surface area contributed by atoms with Crippen molar-refractivity contribution in [1.82, 2.24) is 19.9 Å². The number of hydrogen-bond acceptors (Lipinski definition) is 22. The van der Waals surface area contributed by atoms with Gasteiger partial charge in [0.05, 0.1) is 42.1 Å². The summed E-state index contributed by atoms with van der Waals surface area (Å²) in [5.74, 6) is 18.7. The summed E-state index contributed by atoms with van der Waals surface area (Å²) in [5.41, 5.74) is 3.61. The lowest BCUT2D eigenvalue weighted by molar-refractivity contribution is -0.394. The highest BCUT2D eigenvalue weighted by molar-refractivity contribution is 5.69. The molecule has 8 rings (SSSR count). The van der Waals surface area contributed by atoms with Gasteiger partial charge >= 0.3 is 23.9 Å². The van der Waals surface area contributed by atoms with E-state index in [1.54, 1.807) is 135 Å². The minimum Gasteiger partial charge on any atom is -0.489 e. The number of rotatable bonds is 17. The Morgan fingerprint density at radius 2 is 0.965 bits per heavy atom. The minimum absolute atomic E-state index is 0.0824. The maximum atomic E-state index is 13.0. The molecule has 4 aromatic heterocycles. The third-order valence-electron chi connectivity index (χ3n) is 12.8. The number of hydrogen-bond donors (Lipinski definition) is 4. The maximum absolute atomic E-state index is 13.0. The number of para-hydroxylation sites is 2. The molecule has 0 bridgehead atoms. The van der Waals surface area contributed by atoms with Crippen molar-refractivity contribution < 1.29 is 87.0 Å². The number of esters is 4. The summed E-state index contributed by atoms with van der Waals surface area (Å²) in [6.07, 6.45) is -5.81. The molecule has 2 fully saturated rings. The normalized spacial score (nSPS) is 22.3. The van der Waals surface area contributed by atoms with Crippen molar-refractivity contribution in [3.63, 3.8) is 0 Å². The predicted molar refractivity (Wildman–Crippen MR) is 300 cm³/mol. The van der Waals surface area contributed by atoms with Crippen LogP contribution in [0.3, 0.4) is 0 Å². The van der Waals surface area contributed by atoms with Gasteiger partial charge in [0.2, 0.25) is 5.79 Å². The molecular weight excluding hydrogens is 1110 g/mol. The predicted octanol–water partition coefficient (Wildman–Crippen LogP) is 2.98. The van der Waals surface area contributed by atoms with Crippen molar-refractivity contribution in [1.29, 1.82) is 0 Å². The van der Waals surface area contributed by atoms with E-state index in [4.69, 9.17) is 47.4 Å². The molecule has 11 atom stereocenters. The zero-order valence-corrected chi connectivity index (χ0v) is 46.8. The fourth-order valence-corrected chi connectivity index (χ4v) is 8.92. The quantitative estimate of drug-likeness (QED) is 0.0442. The second-order valence-electron chi connectivity index (χ2n) is 19.0. The van der Waals surface area contributed by atoms with Crippen molar-refractivity contribution in [2.45, 2.75) is 94.7 Å². The van der Waals surface area contributed by atoms with Gasteiger partial charge in [0.1, 0.15) is 43.7 Å². The molecular formula is C64H58N4O18. The van der Waals surface area contributed by atoms with E-state index in [9.17, 15) is 39.6 Å². The lowest BCUT2D eigenvalue weighted by Gasteiger charge is -2.51. The van der Waals surface area contributed by atoms with Crippen molar-refractivity contribution in [3.8, 4) is 58.9 Å². The Morgan fingerprint density at radius 3 is 1.40 bits per heavy atom. The van der Waals surface area contributed by atoms with Gasteiger partial charge in [-0.2, -0.15) is 0 Å². The summed E-state index contributed by atoms with van der Waals surface area (Å²) in [6, 6.07) is 23.7. The molecule has 442 valence electrons. The van der Waals surface area contributed by atoms with E-state index in [0.717, 1.165) is 27.7 Å². The minimum atomic E-state index is -2.75. The van der Waals surface area contributed by atoms with Crippen LogP contribution in [0.5, 0.6) is 11.5 Å². The second-order valence-corrected chi connectivity index (χ2v) is 19.0. The Balaban J connectivity index is 1.27. The average molecular weight is 1170 g/mol. The number of carbonyl (C=O) groups is 4. The third kappa shape index (κ3) is 16.6. The van der Waals surface area contributed by atoms with Crippen LogP contribution in [-0.4, -0.2) is 164 Å². The molecule has 1 unspecified atom stereocenters. The van der Waals surface area contributed by atoms with Gasteiger partial charge in [0.15, 0.2) is 42.2 Å². The summed E-state index contributed by atoms with van der Waals surface area (Å²) < 4.78 is 61.7. The number of aliphatic hydroxyl groups excluding tert-OH is 4. The standard InChI is InChI=1S/C64H58N4O18/c1-40(70)78-38-53-59(81-41(2)71)60(82-42(3)72)61(83-43(4)73)63(84-53)79-39-54(85-58-50(17-13-46-23-31-67-32-24-46)9-6-10-51(58)18-14-47-25-33-68-34-26-47)64(62(76)56(75)55(74)52(37-69)86-64)80-36-35-77-57-48(15-11-44-19-27-65-28-20-44)7-5-8-49(57)16-12-45-21-29-66-30-22-45/h5-10,19-34,52-56,59-63,69,74-76H,35-39H2,1-4H3/t52-,53-,54?,55-,56+,59-,60+,61-,62-,63+,64-/m1/s1. The Labute approximate surface area is 494 Å². The first-order valence-electron chi connectivity index (χ1n) is 26.7. The average Bonchev–Trinajstić information content (AvgIpc) is 0.853. The zero-order chi connectivity index (χ0) is 61.0. The largest absolute Gasteiger partial charge is 0.489 e. The van der Waals surface area contributed by atoms with E-state index < -0.39 is 117 Å². The summed E-state index contributed by atoms with van der Waals surface area (Å²) in [4.78, 5) is 67.0. The van der Waals surface area contributed by atoms with Gasteiger partial charge in [-0.05, 0) is 72.8 Å². The summed E-state index contributed by atoms with van der Waals surface area (Å²) in [7, 11) is 0. The number of carbonyl (C=O) groups excluding carboxylic acids is 4. The topological polar surface area (TPSA) is 293 Å². The fourth-order valence-electron chi connectivity index (χ4n) is 8.92. The molecule has 0 spiro atoms. The van der Waals surface area contributed by atoms with Crippen molar-refractivity contribution in [3.05, 3.63) is 179 Å². The van der Waals surface area contributed by atoms with E-state index in [2.05, 4.69) is 67.3 Å². The first-order chi connectivity index (χ1) is 41.6. The smallest absolute Gasteiger partial charge is 0.303 e. The lowest BCUT2D eigenvalue weighted by atomic mass is 9.89. The third-order valence-corrected chi connectivity index (χ3v) is 12.8. The number of nitrogens with zero attached hydrogens (tertiary/aromatic N) is 4. The Bertz CT molecular complexity index is 3420. The molecule has 2 aliphatic heterocycles. The Morgan fingerprint density at radius 1 is 0.535 bits per heavy atom. The SMILES string of the molecule is CC(=O)OC[C@H]1O[C@H](OCC(Oc2c(C#Cc3ccncc3)cccc2C#Cc2ccncc2)[C@@]2(OCCOc3c(C#Cc4ccncc4)cccc3C#Cc3ccncc3)O[C@H](CO)[C@@H](O)[C@H](O)[C@H]2O)[C@H](OC(C)=O)[C@@H](OC(C)=O)[C@@H]1OC(C)=O. The van der Waals surface area contributed by atoms with Gasteiger partial charge in [-0.3, -0.25) is 39.1 Å². The number of aromatic nitrogens is 4.